The fourth-order valence-corrected chi connectivity index (χ4v) is 6.38. The van der Waals surface area contributed by atoms with Gasteiger partial charge in [-0.3, -0.25) is 0 Å². The van der Waals surface area contributed by atoms with Crippen molar-refractivity contribution in [2.45, 2.75) is 60.5 Å². The molecule has 0 atom stereocenters. The summed E-state index contributed by atoms with van der Waals surface area (Å²) < 4.78 is 36.5. The molecule has 7 heteroatoms. The van der Waals surface area contributed by atoms with Gasteiger partial charge < -0.3 is 0 Å². The second-order valence-corrected chi connectivity index (χ2v) is 9.57. The van der Waals surface area contributed by atoms with E-state index < -0.39 is 7.74 Å². The summed E-state index contributed by atoms with van der Waals surface area (Å²) in [5.74, 6) is 2.11. The van der Waals surface area contributed by atoms with Crippen molar-refractivity contribution in [3.8, 4) is 17.2 Å². The van der Waals surface area contributed by atoms with Crippen LogP contribution in [0.3, 0.4) is 0 Å². The summed E-state index contributed by atoms with van der Waals surface area (Å²) in [7, 11) is -4.17. The van der Waals surface area contributed by atoms with Crippen molar-refractivity contribution in [2.24, 2.45) is 0 Å². The average Bonchev–Trinajstić information content (AvgIpc) is 3.03. The van der Waals surface area contributed by atoms with Gasteiger partial charge in [-0.25, -0.2) is 0 Å². The van der Waals surface area contributed by atoms with E-state index in [9.17, 15) is 0 Å². The van der Waals surface area contributed by atoms with E-state index in [1.165, 1.54) is 0 Å². The SMILES string of the molecule is CCOP1(OCC)(OCC)Oc2c(C)c3c(c(C)c2O1)OC(C)(C)C3. The number of ether oxygens (including phenoxy) is 1. The molecule has 6 nitrogen and oxygen atoms in total. The molecule has 0 spiro atoms. The number of hydrogen-bond acceptors (Lipinski definition) is 6. The first kappa shape index (κ1) is 18.7. The molecular weight excluding hydrogens is 343 g/mol. The molecule has 2 aliphatic heterocycles. The van der Waals surface area contributed by atoms with Crippen LogP contribution < -0.4 is 13.8 Å². The molecule has 0 fully saturated rings. The summed E-state index contributed by atoms with van der Waals surface area (Å²) >= 11 is 0. The first-order valence-corrected chi connectivity index (χ1v) is 10.7. The molecular formula is C18H29O6P. The summed E-state index contributed by atoms with van der Waals surface area (Å²) in [5.41, 5.74) is 2.80. The topological polar surface area (TPSA) is 55.4 Å². The minimum absolute atomic E-state index is 0.238. The van der Waals surface area contributed by atoms with Crippen molar-refractivity contribution in [3.63, 3.8) is 0 Å². The molecule has 2 heterocycles. The number of benzene rings is 1. The molecule has 0 bridgehead atoms. The van der Waals surface area contributed by atoms with Gasteiger partial charge >= 0.3 is 149 Å². The van der Waals surface area contributed by atoms with Crippen LogP contribution in [0.2, 0.25) is 0 Å². The zero-order valence-corrected chi connectivity index (χ0v) is 17.1. The first-order chi connectivity index (χ1) is 11.7. The molecule has 0 unspecified atom stereocenters. The van der Waals surface area contributed by atoms with Crippen molar-refractivity contribution in [3.05, 3.63) is 16.7 Å². The normalized spacial score (nSPS) is 22.8. The van der Waals surface area contributed by atoms with Crippen LogP contribution in [0.4, 0.5) is 0 Å². The third kappa shape index (κ3) is 2.80. The maximum absolute atomic E-state index is 6.29. The standard InChI is InChI=1S/C18H29O6P/c1-8-19-25(20-9-2,21-10-3)23-16-12(4)14-11-18(6,7)22-15(14)13(5)17(16)24-25/h8-11H2,1-7H3. The molecule has 0 saturated heterocycles. The Balaban J connectivity index is 2.14. The summed E-state index contributed by atoms with van der Waals surface area (Å²) in [4.78, 5) is 0. The molecule has 2 aliphatic rings. The molecule has 142 valence electrons. The number of fused-ring (bicyclic) bond motifs is 2. The number of rotatable bonds is 6. The zero-order valence-electron chi connectivity index (χ0n) is 16.2. The Bertz CT molecular complexity index is 633. The summed E-state index contributed by atoms with van der Waals surface area (Å²) in [5, 5.41) is 0. The van der Waals surface area contributed by atoms with Crippen molar-refractivity contribution < 1.29 is 27.4 Å². The molecule has 0 saturated carbocycles. The fourth-order valence-electron chi connectivity index (χ4n) is 3.51. The predicted octanol–water partition coefficient (Wildman–Crippen LogP) is 5.03. The van der Waals surface area contributed by atoms with Crippen LogP contribution in [0, 0.1) is 13.8 Å². The molecule has 0 N–H and O–H groups in total. The van der Waals surface area contributed by atoms with E-state index in [-0.39, 0.29) is 5.60 Å². The zero-order chi connectivity index (χ0) is 18.5. The molecule has 1 aromatic carbocycles. The summed E-state index contributed by atoms with van der Waals surface area (Å²) in [6, 6.07) is 0. The predicted molar refractivity (Wildman–Crippen MR) is 97.4 cm³/mol. The van der Waals surface area contributed by atoms with Gasteiger partial charge in [0.1, 0.15) is 0 Å². The van der Waals surface area contributed by atoms with Gasteiger partial charge in [-0.15, -0.1) is 0 Å². The Morgan fingerprint density at radius 1 is 0.840 bits per heavy atom. The second kappa shape index (κ2) is 5.98. The van der Waals surface area contributed by atoms with Gasteiger partial charge in [-0.2, -0.15) is 0 Å². The molecule has 0 aliphatic carbocycles. The Hall–Kier alpha value is -1.07. The van der Waals surface area contributed by atoms with Crippen LogP contribution in [-0.2, 0) is 20.0 Å². The van der Waals surface area contributed by atoms with Crippen LogP contribution >= 0.6 is 7.74 Å². The number of hydrogen-bond donors (Lipinski definition) is 0. The molecule has 25 heavy (non-hydrogen) atoms. The van der Waals surface area contributed by atoms with Gasteiger partial charge in [0.05, 0.1) is 0 Å². The van der Waals surface area contributed by atoms with Gasteiger partial charge in [0.25, 0.3) is 0 Å². The van der Waals surface area contributed by atoms with E-state index >= 15 is 0 Å². The molecule has 0 amide bonds. The van der Waals surface area contributed by atoms with Gasteiger partial charge in [0.2, 0.25) is 0 Å². The quantitative estimate of drug-likeness (QED) is 0.653. The van der Waals surface area contributed by atoms with E-state index in [0.29, 0.717) is 31.3 Å². The van der Waals surface area contributed by atoms with Gasteiger partial charge in [0, 0.05) is 0 Å². The van der Waals surface area contributed by atoms with E-state index in [1.54, 1.807) is 0 Å². The molecule has 1 aromatic rings. The van der Waals surface area contributed by atoms with E-state index in [2.05, 4.69) is 13.8 Å². The molecule has 3 rings (SSSR count). The third-order valence-electron chi connectivity index (χ3n) is 4.44. The Labute approximate surface area is 150 Å². The van der Waals surface area contributed by atoms with E-state index in [1.807, 2.05) is 34.6 Å². The van der Waals surface area contributed by atoms with Crippen molar-refractivity contribution in [1.29, 1.82) is 0 Å². The fraction of sp³-hybridized carbons (Fsp3) is 0.667. The van der Waals surface area contributed by atoms with Crippen LogP contribution in [0.15, 0.2) is 0 Å². The monoisotopic (exact) mass is 372 g/mol. The van der Waals surface area contributed by atoms with Gasteiger partial charge in [-0.1, -0.05) is 0 Å². The Morgan fingerprint density at radius 3 is 1.80 bits per heavy atom. The van der Waals surface area contributed by atoms with Crippen molar-refractivity contribution in [1.82, 2.24) is 0 Å². The first-order valence-electron chi connectivity index (χ1n) is 8.92. The van der Waals surface area contributed by atoms with E-state index in [0.717, 1.165) is 28.9 Å². The average molecular weight is 372 g/mol. The summed E-state index contributed by atoms with van der Waals surface area (Å²) in [6.45, 7) is 14.8. The minimum atomic E-state index is -4.17. The Kier molecular flexibility index (Phi) is 4.48. The van der Waals surface area contributed by atoms with Crippen LogP contribution in [0.5, 0.6) is 17.2 Å². The van der Waals surface area contributed by atoms with Crippen LogP contribution in [-0.4, -0.2) is 25.4 Å². The second-order valence-electron chi connectivity index (χ2n) is 6.94. The Morgan fingerprint density at radius 2 is 1.32 bits per heavy atom. The third-order valence-corrected chi connectivity index (χ3v) is 7.44. The van der Waals surface area contributed by atoms with Crippen molar-refractivity contribution in [2.75, 3.05) is 19.8 Å². The molecule has 0 radical (unpaired) electrons. The van der Waals surface area contributed by atoms with Gasteiger partial charge in [0.15, 0.2) is 0 Å². The van der Waals surface area contributed by atoms with Gasteiger partial charge in [-0.05, 0) is 0 Å². The van der Waals surface area contributed by atoms with Crippen LogP contribution in [0.1, 0.15) is 51.3 Å². The van der Waals surface area contributed by atoms with E-state index in [4.69, 9.17) is 27.4 Å². The maximum atomic E-state index is 6.29. The van der Waals surface area contributed by atoms with Crippen molar-refractivity contribution >= 4 is 7.74 Å². The summed E-state index contributed by atoms with van der Waals surface area (Å²) in [6.07, 6.45) is 0.819. The molecule has 0 aromatic heterocycles. The van der Waals surface area contributed by atoms with Crippen LogP contribution in [0.25, 0.3) is 0 Å².